The summed E-state index contributed by atoms with van der Waals surface area (Å²) in [7, 11) is 0. The van der Waals surface area contributed by atoms with Crippen LogP contribution in [0.2, 0.25) is 0 Å². The molecule has 1 fully saturated rings. The summed E-state index contributed by atoms with van der Waals surface area (Å²) < 4.78 is 1.94. The molecular weight excluding hydrogens is 416 g/mol. The maximum atomic E-state index is 12.8. The molecule has 0 radical (unpaired) electrons. The number of carbonyl (C=O) groups excluding carboxylic acids is 1. The number of thiophene rings is 1. The Labute approximate surface area is 182 Å². The Morgan fingerprint density at radius 1 is 1.10 bits per heavy atom. The second kappa shape index (κ2) is 8.37. The molecule has 0 atom stereocenters. The summed E-state index contributed by atoms with van der Waals surface area (Å²) in [5, 5.41) is 12.0. The average Bonchev–Trinajstić information content (AvgIpc) is 3.57. The van der Waals surface area contributed by atoms with E-state index in [-0.39, 0.29) is 5.91 Å². The lowest BCUT2D eigenvalue weighted by molar-refractivity contribution is 0.102. The molecule has 9 heteroatoms. The number of nitrogens with zero attached hydrogens (tertiary/aromatic N) is 5. The molecule has 152 valence electrons. The van der Waals surface area contributed by atoms with Gasteiger partial charge in [-0.05, 0) is 36.4 Å². The van der Waals surface area contributed by atoms with Crippen LogP contribution in [0.1, 0.15) is 29.4 Å². The number of aromatic nitrogens is 4. The minimum atomic E-state index is -0.181. The molecule has 0 bridgehead atoms. The molecule has 30 heavy (non-hydrogen) atoms. The topological polar surface area (TPSA) is 75.9 Å². The Bertz CT molecular complexity index is 1110. The predicted molar refractivity (Wildman–Crippen MR) is 120 cm³/mol. The largest absolute Gasteiger partial charge is 0.370 e. The molecule has 4 heterocycles. The zero-order valence-electron chi connectivity index (χ0n) is 16.1. The van der Waals surface area contributed by atoms with Crippen LogP contribution in [0.3, 0.4) is 0 Å². The van der Waals surface area contributed by atoms with Gasteiger partial charge in [0, 0.05) is 18.5 Å². The first-order valence-electron chi connectivity index (χ1n) is 9.77. The number of hydrogen-bond acceptors (Lipinski definition) is 7. The lowest BCUT2D eigenvalue weighted by Gasteiger charge is -2.34. The molecule has 3 aromatic heterocycles. The minimum absolute atomic E-state index is 0.181. The lowest BCUT2D eigenvalue weighted by atomic mass is 10.0. The molecule has 5 rings (SSSR count). The number of benzene rings is 1. The van der Waals surface area contributed by atoms with Gasteiger partial charge in [0.25, 0.3) is 5.91 Å². The molecule has 0 unspecified atom stereocenters. The highest BCUT2D eigenvalue weighted by atomic mass is 32.1. The molecule has 1 saturated heterocycles. The first-order valence-corrected chi connectivity index (χ1v) is 11.5. The van der Waals surface area contributed by atoms with Gasteiger partial charge in [0.1, 0.15) is 23.4 Å². The van der Waals surface area contributed by atoms with Crippen molar-refractivity contribution in [2.24, 2.45) is 0 Å². The molecule has 1 N–H and O–H groups in total. The summed E-state index contributed by atoms with van der Waals surface area (Å²) in [6, 6.07) is 12.3. The van der Waals surface area contributed by atoms with Crippen LogP contribution in [-0.2, 0) is 0 Å². The van der Waals surface area contributed by atoms with Gasteiger partial charge >= 0.3 is 0 Å². The molecular formula is C21H20N6OS2. The van der Waals surface area contributed by atoms with Gasteiger partial charge in [0.2, 0.25) is 0 Å². The van der Waals surface area contributed by atoms with E-state index in [9.17, 15) is 4.79 Å². The number of piperidine rings is 1. The third kappa shape index (κ3) is 3.86. The first kappa shape index (κ1) is 19.0. The van der Waals surface area contributed by atoms with Crippen LogP contribution in [0.5, 0.6) is 0 Å². The van der Waals surface area contributed by atoms with E-state index in [1.165, 1.54) is 11.3 Å². The lowest BCUT2D eigenvalue weighted by Crippen LogP contribution is -2.35. The minimum Gasteiger partial charge on any atom is -0.370 e. The maximum absolute atomic E-state index is 12.8. The quantitative estimate of drug-likeness (QED) is 0.496. The Kier molecular flexibility index (Phi) is 5.29. The fourth-order valence-corrected chi connectivity index (χ4v) is 5.32. The number of anilines is 2. The average molecular weight is 437 g/mol. The van der Waals surface area contributed by atoms with E-state index in [1.54, 1.807) is 24.0 Å². The molecule has 1 aliphatic rings. The second-order valence-electron chi connectivity index (χ2n) is 7.08. The zero-order valence-corrected chi connectivity index (χ0v) is 17.8. The summed E-state index contributed by atoms with van der Waals surface area (Å²) in [4.78, 5) is 24.8. The van der Waals surface area contributed by atoms with Crippen molar-refractivity contribution < 1.29 is 4.79 Å². The van der Waals surface area contributed by atoms with Gasteiger partial charge in [0.05, 0.1) is 22.3 Å². The third-order valence-corrected chi connectivity index (χ3v) is 7.12. The Hall–Kier alpha value is -3.04. The van der Waals surface area contributed by atoms with Crippen molar-refractivity contribution in [1.82, 2.24) is 19.7 Å². The van der Waals surface area contributed by atoms with Gasteiger partial charge in [-0.3, -0.25) is 4.79 Å². The Balaban J connectivity index is 1.29. The molecule has 1 aliphatic heterocycles. The zero-order chi connectivity index (χ0) is 20.3. The summed E-state index contributed by atoms with van der Waals surface area (Å²) in [6.45, 7) is 1.80. The second-order valence-corrected chi connectivity index (χ2v) is 8.89. The molecule has 7 nitrogen and oxygen atoms in total. The molecule has 0 aliphatic carbocycles. The number of para-hydroxylation sites is 2. The van der Waals surface area contributed by atoms with Crippen molar-refractivity contribution in [2.45, 2.75) is 18.9 Å². The van der Waals surface area contributed by atoms with E-state index in [0.29, 0.717) is 11.7 Å². The Morgan fingerprint density at radius 2 is 1.97 bits per heavy atom. The van der Waals surface area contributed by atoms with E-state index < -0.39 is 0 Å². The highest BCUT2D eigenvalue weighted by Gasteiger charge is 2.23. The van der Waals surface area contributed by atoms with Gasteiger partial charge in [-0.25, -0.2) is 14.6 Å². The van der Waals surface area contributed by atoms with Gasteiger partial charge < -0.3 is 10.2 Å². The van der Waals surface area contributed by atoms with Crippen LogP contribution >= 0.6 is 22.7 Å². The van der Waals surface area contributed by atoms with E-state index in [1.807, 2.05) is 45.8 Å². The summed E-state index contributed by atoms with van der Waals surface area (Å²) >= 11 is 3.12. The smallest absolute Gasteiger partial charge is 0.275 e. The summed E-state index contributed by atoms with van der Waals surface area (Å²) in [6.07, 6.45) is 5.34. The van der Waals surface area contributed by atoms with Crippen molar-refractivity contribution in [3.63, 3.8) is 0 Å². The van der Waals surface area contributed by atoms with E-state index in [4.69, 9.17) is 0 Å². The van der Waals surface area contributed by atoms with Crippen LogP contribution in [0.25, 0.3) is 9.88 Å². The van der Waals surface area contributed by atoms with Gasteiger partial charge in [0.15, 0.2) is 0 Å². The maximum Gasteiger partial charge on any atom is 0.275 e. The third-order valence-electron chi connectivity index (χ3n) is 5.24. The number of nitrogens with one attached hydrogen (secondary N) is 1. The van der Waals surface area contributed by atoms with Gasteiger partial charge in [-0.2, -0.15) is 5.10 Å². The standard InChI is InChI=1S/C21H20N6OS2/c28-20(17-12-30-21(25-17)19-6-3-11-29-19)24-16-4-1-2-5-18(16)26-9-7-15(8-10-26)27-14-22-13-23-27/h1-6,11-15H,7-10H2,(H,24,28). The van der Waals surface area contributed by atoms with E-state index in [2.05, 4.69) is 31.3 Å². The predicted octanol–water partition coefficient (Wildman–Crippen LogP) is 4.56. The van der Waals surface area contributed by atoms with Crippen LogP contribution in [0.4, 0.5) is 11.4 Å². The molecule has 0 saturated carbocycles. The SMILES string of the molecule is O=C(Nc1ccccc1N1CCC(n2cncn2)CC1)c1csc(-c2cccs2)n1. The van der Waals surface area contributed by atoms with Crippen LogP contribution in [0, 0.1) is 0 Å². The molecule has 1 aromatic carbocycles. The number of rotatable bonds is 5. The fourth-order valence-electron chi connectivity index (χ4n) is 3.71. The van der Waals surface area contributed by atoms with Gasteiger partial charge in [-0.15, -0.1) is 22.7 Å². The summed E-state index contributed by atoms with van der Waals surface area (Å²) in [5.41, 5.74) is 2.30. The van der Waals surface area contributed by atoms with Crippen molar-refractivity contribution in [3.8, 4) is 9.88 Å². The first-order chi connectivity index (χ1) is 14.8. The van der Waals surface area contributed by atoms with E-state index >= 15 is 0 Å². The normalized spacial score (nSPS) is 14.7. The van der Waals surface area contributed by atoms with Crippen molar-refractivity contribution >= 4 is 40.0 Å². The molecule has 4 aromatic rings. The highest BCUT2D eigenvalue weighted by Crippen LogP contribution is 2.32. The van der Waals surface area contributed by atoms with Crippen LogP contribution < -0.4 is 10.2 Å². The fraction of sp³-hybridized carbons (Fsp3) is 0.238. The number of carbonyl (C=O) groups is 1. The highest BCUT2D eigenvalue weighted by molar-refractivity contribution is 7.20. The molecule has 0 spiro atoms. The van der Waals surface area contributed by atoms with Crippen LogP contribution in [-0.4, -0.2) is 38.7 Å². The summed E-state index contributed by atoms with van der Waals surface area (Å²) in [5.74, 6) is -0.181. The van der Waals surface area contributed by atoms with Crippen molar-refractivity contribution in [1.29, 1.82) is 0 Å². The Morgan fingerprint density at radius 3 is 2.73 bits per heavy atom. The molecule has 1 amide bonds. The number of amides is 1. The van der Waals surface area contributed by atoms with Crippen molar-refractivity contribution in [2.75, 3.05) is 23.3 Å². The number of hydrogen-bond donors (Lipinski definition) is 1. The van der Waals surface area contributed by atoms with Crippen LogP contribution in [0.15, 0.2) is 59.8 Å². The van der Waals surface area contributed by atoms with Gasteiger partial charge in [-0.1, -0.05) is 18.2 Å². The van der Waals surface area contributed by atoms with E-state index in [0.717, 1.165) is 47.2 Å². The number of thiazole rings is 1. The van der Waals surface area contributed by atoms with Crippen molar-refractivity contribution in [3.05, 3.63) is 65.5 Å². The monoisotopic (exact) mass is 436 g/mol.